The Labute approximate surface area is 207 Å². The first kappa shape index (κ1) is 25.4. The average molecular weight is 471 g/mol. The van der Waals surface area contributed by atoms with Gasteiger partial charge in [-0.25, -0.2) is 4.79 Å². The largest absolute Gasteiger partial charge is 0.486 e. The van der Waals surface area contributed by atoms with E-state index >= 15 is 0 Å². The lowest BCUT2D eigenvalue weighted by Gasteiger charge is -2.19. The molecule has 0 bridgehead atoms. The van der Waals surface area contributed by atoms with E-state index in [0.717, 1.165) is 23.1 Å². The van der Waals surface area contributed by atoms with Gasteiger partial charge in [0.15, 0.2) is 0 Å². The van der Waals surface area contributed by atoms with Crippen molar-refractivity contribution >= 4 is 5.97 Å². The Morgan fingerprint density at radius 3 is 2.37 bits per heavy atom. The monoisotopic (exact) mass is 470 g/mol. The lowest BCUT2D eigenvalue weighted by atomic mass is 10.1. The molecule has 1 atom stereocenters. The molecule has 1 unspecified atom stereocenters. The fraction of sp³-hybridized carbons (Fsp3) is 0.167. The smallest absolute Gasteiger partial charge is 0.330 e. The van der Waals surface area contributed by atoms with Crippen molar-refractivity contribution in [3.63, 3.8) is 0 Å². The Balaban J connectivity index is 1.53. The van der Waals surface area contributed by atoms with Crippen LogP contribution in [0.25, 0.3) is 0 Å². The number of benzene rings is 2. The first-order valence-corrected chi connectivity index (χ1v) is 11.4. The van der Waals surface area contributed by atoms with Crippen molar-refractivity contribution in [2.45, 2.75) is 25.9 Å². The van der Waals surface area contributed by atoms with E-state index in [1.54, 1.807) is 12.2 Å². The highest BCUT2D eigenvalue weighted by Crippen LogP contribution is 2.22. The molecule has 0 N–H and O–H groups in total. The summed E-state index contributed by atoms with van der Waals surface area (Å²) in [6, 6.07) is 17.4. The van der Waals surface area contributed by atoms with Crippen molar-refractivity contribution in [2.75, 3.05) is 6.61 Å². The van der Waals surface area contributed by atoms with Gasteiger partial charge in [0.05, 0.1) is 6.61 Å². The van der Waals surface area contributed by atoms with Gasteiger partial charge in [0, 0.05) is 25.0 Å². The molecule has 0 amide bonds. The van der Waals surface area contributed by atoms with Crippen molar-refractivity contribution in [3.8, 4) is 11.5 Å². The molecule has 5 nitrogen and oxygen atoms in total. The third-order valence-electron chi connectivity index (χ3n) is 5.02. The number of hydrogen-bond donors (Lipinski definition) is 0. The zero-order chi connectivity index (χ0) is 24.9. The summed E-state index contributed by atoms with van der Waals surface area (Å²) in [6.45, 7) is 9.43. The van der Waals surface area contributed by atoms with E-state index in [1.807, 2.05) is 85.8 Å². The van der Waals surface area contributed by atoms with Crippen LogP contribution in [0.4, 0.5) is 0 Å². The quantitative estimate of drug-likeness (QED) is 0.151. The van der Waals surface area contributed by atoms with E-state index in [4.69, 9.17) is 18.9 Å². The van der Waals surface area contributed by atoms with Crippen molar-refractivity contribution in [3.05, 3.63) is 133 Å². The molecular weight excluding hydrogens is 440 g/mol. The second kappa shape index (κ2) is 13.5. The predicted octanol–water partition coefficient (Wildman–Crippen LogP) is 6.62. The molecule has 0 heterocycles. The van der Waals surface area contributed by atoms with Crippen molar-refractivity contribution < 1.29 is 23.7 Å². The van der Waals surface area contributed by atoms with Crippen molar-refractivity contribution in [1.82, 2.24) is 0 Å². The van der Waals surface area contributed by atoms with Gasteiger partial charge in [-0.2, -0.15) is 0 Å². The van der Waals surface area contributed by atoms with Crippen LogP contribution in [0.1, 0.15) is 18.9 Å². The maximum atomic E-state index is 11.1. The van der Waals surface area contributed by atoms with Crippen LogP contribution in [-0.2, 0) is 20.7 Å². The van der Waals surface area contributed by atoms with Crippen LogP contribution in [0.15, 0.2) is 128 Å². The molecule has 3 rings (SSSR count). The van der Waals surface area contributed by atoms with E-state index in [-0.39, 0.29) is 6.10 Å². The minimum absolute atomic E-state index is 0.0349. The summed E-state index contributed by atoms with van der Waals surface area (Å²) in [5.41, 5.74) is 1.03. The van der Waals surface area contributed by atoms with Gasteiger partial charge in [0.2, 0.25) is 0 Å². The van der Waals surface area contributed by atoms with Gasteiger partial charge in [-0.15, -0.1) is 0 Å². The first-order chi connectivity index (χ1) is 17.1. The maximum absolute atomic E-state index is 11.1. The molecule has 0 saturated carbocycles. The van der Waals surface area contributed by atoms with Gasteiger partial charge in [-0.3, -0.25) is 0 Å². The standard InChI is InChI=1S/C30H30O5/c1-4-24(33-27-14-12-23(13-15-27)20-21-32-30(31)6-3)22-25(5-2)34-28-16-18-29(19-17-28)35-26-10-8-7-9-11-26/h4-18,22,29H,2-3,19-21H2,1H3/b24-4+,25-22+. The molecule has 1 aliphatic carbocycles. The van der Waals surface area contributed by atoms with E-state index in [2.05, 4.69) is 13.2 Å². The first-order valence-electron chi connectivity index (χ1n) is 11.4. The zero-order valence-corrected chi connectivity index (χ0v) is 19.9. The summed E-state index contributed by atoms with van der Waals surface area (Å²) in [6.07, 6.45) is 13.6. The molecule has 0 saturated heterocycles. The van der Waals surface area contributed by atoms with Crippen LogP contribution in [0.3, 0.4) is 0 Å². The summed E-state index contributed by atoms with van der Waals surface area (Å²) in [5, 5.41) is 0. The van der Waals surface area contributed by atoms with Gasteiger partial charge in [0.25, 0.3) is 0 Å². The highest BCUT2D eigenvalue weighted by molar-refractivity contribution is 5.81. The van der Waals surface area contributed by atoms with Crippen molar-refractivity contribution in [2.24, 2.45) is 0 Å². The molecule has 0 spiro atoms. The number of carbonyl (C=O) groups is 1. The normalized spacial score (nSPS) is 15.6. The van der Waals surface area contributed by atoms with Gasteiger partial charge in [0.1, 0.15) is 34.9 Å². The molecule has 0 fully saturated rings. The Bertz CT molecular complexity index is 1120. The van der Waals surface area contributed by atoms with Crippen LogP contribution >= 0.6 is 0 Å². The van der Waals surface area contributed by atoms with Crippen LogP contribution in [0, 0.1) is 0 Å². The Hall–Kier alpha value is -4.25. The molecule has 5 heteroatoms. The lowest BCUT2D eigenvalue weighted by Crippen LogP contribution is -2.15. The van der Waals surface area contributed by atoms with Gasteiger partial charge >= 0.3 is 5.97 Å². The zero-order valence-electron chi connectivity index (χ0n) is 19.9. The molecule has 2 aromatic carbocycles. The third-order valence-corrected chi connectivity index (χ3v) is 5.02. The van der Waals surface area contributed by atoms with Crippen LogP contribution in [-0.4, -0.2) is 18.7 Å². The Morgan fingerprint density at radius 2 is 1.74 bits per heavy atom. The number of ether oxygens (including phenoxy) is 4. The third kappa shape index (κ3) is 8.55. The highest BCUT2D eigenvalue weighted by atomic mass is 16.5. The molecule has 0 aromatic heterocycles. The number of carbonyl (C=O) groups excluding carboxylic acids is 1. The van der Waals surface area contributed by atoms with Crippen LogP contribution < -0.4 is 9.47 Å². The SMILES string of the molecule is C=CC(=O)OCCc1ccc(OC(/C=C(\C=C)OC2=CCC(Oc3ccccc3)C=C2)=C/C)cc1. The minimum atomic E-state index is -0.422. The number of para-hydroxylation sites is 1. The highest BCUT2D eigenvalue weighted by Gasteiger charge is 2.12. The molecular formula is C30H30O5. The number of esters is 1. The maximum Gasteiger partial charge on any atom is 0.330 e. The summed E-state index contributed by atoms with van der Waals surface area (Å²) < 4.78 is 22.9. The lowest BCUT2D eigenvalue weighted by molar-refractivity contribution is -0.137. The number of allylic oxidation sites excluding steroid dienone is 4. The molecule has 0 aliphatic heterocycles. The molecule has 2 aromatic rings. The van der Waals surface area contributed by atoms with Crippen LogP contribution in [0.2, 0.25) is 0 Å². The average Bonchev–Trinajstić information content (AvgIpc) is 2.90. The minimum Gasteiger partial charge on any atom is -0.486 e. The van der Waals surface area contributed by atoms with Gasteiger partial charge in [-0.05, 0) is 67.1 Å². The second-order valence-corrected chi connectivity index (χ2v) is 7.58. The van der Waals surface area contributed by atoms with E-state index in [0.29, 0.717) is 36.7 Å². The summed E-state index contributed by atoms with van der Waals surface area (Å²) >= 11 is 0. The molecule has 1 aliphatic rings. The molecule has 180 valence electrons. The fourth-order valence-electron chi connectivity index (χ4n) is 3.18. The summed E-state index contributed by atoms with van der Waals surface area (Å²) in [7, 11) is 0. The summed E-state index contributed by atoms with van der Waals surface area (Å²) in [4.78, 5) is 11.1. The fourth-order valence-corrected chi connectivity index (χ4v) is 3.18. The number of rotatable bonds is 12. The Morgan fingerprint density at radius 1 is 0.971 bits per heavy atom. The molecule has 35 heavy (non-hydrogen) atoms. The van der Waals surface area contributed by atoms with E-state index in [9.17, 15) is 4.79 Å². The van der Waals surface area contributed by atoms with Gasteiger partial charge < -0.3 is 18.9 Å². The van der Waals surface area contributed by atoms with E-state index in [1.165, 1.54) is 0 Å². The van der Waals surface area contributed by atoms with Gasteiger partial charge in [-0.1, -0.05) is 43.5 Å². The van der Waals surface area contributed by atoms with Crippen LogP contribution in [0.5, 0.6) is 11.5 Å². The van der Waals surface area contributed by atoms with E-state index < -0.39 is 5.97 Å². The second-order valence-electron chi connectivity index (χ2n) is 7.58. The predicted molar refractivity (Wildman–Crippen MR) is 138 cm³/mol. The Kier molecular flexibility index (Phi) is 9.75. The molecule has 0 radical (unpaired) electrons. The topological polar surface area (TPSA) is 54.0 Å². The number of hydrogen-bond acceptors (Lipinski definition) is 5. The summed E-state index contributed by atoms with van der Waals surface area (Å²) in [5.74, 6) is 3.01. The van der Waals surface area contributed by atoms with Crippen molar-refractivity contribution in [1.29, 1.82) is 0 Å².